The van der Waals surface area contributed by atoms with Gasteiger partial charge in [-0.1, -0.05) is 50.2 Å². The number of aromatic nitrogens is 4. The van der Waals surface area contributed by atoms with E-state index in [2.05, 4.69) is 37.0 Å². The molecule has 1 unspecified atom stereocenters. The number of fused-ring (bicyclic) bond motifs is 3. The molecule has 4 aromatic rings. The van der Waals surface area contributed by atoms with Crippen LogP contribution in [0.5, 0.6) is 0 Å². The van der Waals surface area contributed by atoms with E-state index in [1.807, 2.05) is 59.5 Å². The van der Waals surface area contributed by atoms with Crippen LogP contribution in [0.3, 0.4) is 0 Å². The van der Waals surface area contributed by atoms with Gasteiger partial charge in [-0.2, -0.15) is 0 Å². The average Bonchev–Trinajstić information content (AvgIpc) is 3.26. The van der Waals surface area contributed by atoms with Crippen LogP contribution in [0.1, 0.15) is 51.2 Å². The number of carbonyl (C=O) groups excluding carboxylic acids is 1. The molecule has 0 saturated heterocycles. The van der Waals surface area contributed by atoms with Crippen LogP contribution in [0.15, 0.2) is 52.4 Å². The lowest BCUT2D eigenvalue weighted by molar-refractivity contribution is -0.130. The molecule has 0 aliphatic heterocycles. The Morgan fingerprint density at radius 2 is 1.80 bits per heavy atom. The summed E-state index contributed by atoms with van der Waals surface area (Å²) >= 11 is 1.37. The first-order valence-corrected chi connectivity index (χ1v) is 13.2. The second kappa shape index (κ2) is 10.6. The minimum Gasteiger partial charge on any atom is -0.339 e. The van der Waals surface area contributed by atoms with E-state index < -0.39 is 0 Å². The van der Waals surface area contributed by atoms with Crippen LogP contribution >= 0.6 is 11.8 Å². The van der Waals surface area contributed by atoms with Crippen molar-refractivity contribution >= 4 is 34.3 Å². The summed E-state index contributed by atoms with van der Waals surface area (Å²) in [5.41, 5.74) is 3.48. The van der Waals surface area contributed by atoms with Crippen molar-refractivity contribution in [2.45, 2.75) is 65.1 Å². The molecule has 35 heavy (non-hydrogen) atoms. The first-order valence-electron chi connectivity index (χ1n) is 12.3. The number of hydrogen-bond acceptors (Lipinski definition) is 5. The molecule has 0 N–H and O–H groups in total. The highest BCUT2D eigenvalue weighted by molar-refractivity contribution is 7.99. The lowest BCUT2D eigenvalue weighted by atomic mass is 10.1. The predicted molar refractivity (Wildman–Crippen MR) is 143 cm³/mol. The maximum Gasteiger partial charge on any atom is 0.267 e. The Morgan fingerprint density at radius 1 is 1.09 bits per heavy atom. The van der Waals surface area contributed by atoms with Gasteiger partial charge in [-0.3, -0.25) is 14.0 Å². The molecule has 0 aliphatic rings. The lowest BCUT2D eigenvalue weighted by Gasteiger charge is -2.28. The van der Waals surface area contributed by atoms with Gasteiger partial charge in [0.05, 0.1) is 22.3 Å². The highest BCUT2D eigenvalue weighted by atomic mass is 32.2. The molecule has 1 amide bonds. The van der Waals surface area contributed by atoms with Gasteiger partial charge in [-0.05, 0) is 69.0 Å². The molecule has 0 radical (unpaired) electrons. The number of hydrogen-bond donors (Lipinski definition) is 0. The molecular formula is C27H33N5O2S. The second-order valence-electron chi connectivity index (χ2n) is 9.11. The maximum atomic E-state index is 13.6. The fourth-order valence-corrected chi connectivity index (χ4v) is 5.26. The molecule has 0 aliphatic carbocycles. The molecule has 1 atom stereocenters. The molecule has 0 saturated carbocycles. The summed E-state index contributed by atoms with van der Waals surface area (Å²) in [6.07, 6.45) is 2.95. The smallest absolute Gasteiger partial charge is 0.267 e. The monoisotopic (exact) mass is 491 g/mol. The van der Waals surface area contributed by atoms with Crippen LogP contribution in [0.2, 0.25) is 0 Å². The Kier molecular flexibility index (Phi) is 7.60. The molecule has 0 spiro atoms. The Morgan fingerprint density at radius 3 is 2.49 bits per heavy atom. The van der Waals surface area contributed by atoms with Crippen LogP contribution in [0.4, 0.5) is 0 Å². The number of benzene rings is 2. The van der Waals surface area contributed by atoms with E-state index in [0.29, 0.717) is 16.3 Å². The van der Waals surface area contributed by atoms with Crippen molar-refractivity contribution in [1.82, 2.24) is 24.1 Å². The quantitative estimate of drug-likeness (QED) is 0.302. The van der Waals surface area contributed by atoms with Gasteiger partial charge >= 0.3 is 0 Å². The molecule has 2 aromatic heterocycles. The third kappa shape index (κ3) is 4.98. The second-order valence-corrected chi connectivity index (χ2v) is 10.1. The number of carbonyl (C=O) groups is 1. The summed E-state index contributed by atoms with van der Waals surface area (Å²) in [5.74, 6) is 0.811. The molecule has 7 nitrogen and oxygen atoms in total. The number of nitrogens with zero attached hydrogens (tertiary/aromatic N) is 5. The topological polar surface area (TPSA) is 72.5 Å². The van der Waals surface area contributed by atoms with Crippen molar-refractivity contribution in [3.8, 4) is 5.69 Å². The lowest BCUT2D eigenvalue weighted by Crippen LogP contribution is -2.40. The molecule has 4 rings (SSSR count). The van der Waals surface area contributed by atoms with Gasteiger partial charge < -0.3 is 4.90 Å². The van der Waals surface area contributed by atoms with Gasteiger partial charge in [0.1, 0.15) is 0 Å². The van der Waals surface area contributed by atoms with E-state index in [0.717, 1.165) is 48.1 Å². The number of thioether (sulfide) groups is 1. The van der Waals surface area contributed by atoms with E-state index in [9.17, 15) is 9.59 Å². The molecule has 0 fully saturated rings. The molecule has 184 valence electrons. The van der Waals surface area contributed by atoms with Crippen LogP contribution in [-0.2, 0) is 4.79 Å². The highest BCUT2D eigenvalue weighted by Crippen LogP contribution is 2.24. The zero-order valence-corrected chi connectivity index (χ0v) is 21.9. The van der Waals surface area contributed by atoms with Crippen LogP contribution in [0, 0.1) is 13.8 Å². The van der Waals surface area contributed by atoms with Crippen LogP contribution in [0.25, 0.3) is 22.4 Å². The molecule has 2 aromatic carbocycles. The summed E-state index contributed by atoms with van der Waals surface area (Å²) in [7, 11) is 0. The Bertz CT molecular complexity index is 1400. The van der Waals surface area contributed by atoms with Crippen molar-refractivity contribution < 1.29 is 4.79 Å². The molecule has 2 heterocycles. The van der Waals surface area contributed by atoms with Gasteiger partial charge in [0.2, 0.25) is 11.7 Å². The van der Waals surface area contributed by atoms with Gasteiger partial charge in [-0.25, -0.2) is 4.57 Å². The highest BCUT2D eigenvalue weighted by Gasteiger charge is 2.22. The van der Waals surface area contributed by atoms with E-state index in [1.54, 1.807) is 4.57 Å². The number of amides is 1. The first-order chi connectivity index (χ1) is 16.8. The zero-order valence-electron chi connectivity index (χ0n) is 21.1. The first kappa shape index (κ1) is 25.0. The normalized spacial score (nSPS) is 12.4. The maximum absolute atomic E-state index is 13.6. The SMILES string of the molecule is CCCCN(C(=O)CSc1nnc2n(-c3cc(C)cc(C)c3)c(=O)c3ccccc3n12)C(C)CC. The molecule has 8 heteroatoms. The molecular weight excluding hydrogens is 458 g/mol. The van der Waals surface area contributed by atoms with Crippen molar-refractivity contribution in [1.29, 1.82) is 0 Å². The third-order valence-electron chi connectivity index (χ3n) is 6.38. The Labute approximate surface area is 210 Å². The summed E-state index contributed by atoms with van der Waals surface area (Å²) in [4.78, 5) is 28.7. The van der Waals surface area contributed by atoms with Crippen molar-refractivity contribution in [3.63, 3.8) is 0 Å². The van der Waals surface area contributed by atoms with Gasteiger partial charge in [0, 0.05) is 12.6 Å². The number of rotatable bonds is 9. The van der Waals surface area contributed by atoms with E-state index in [1.165, 1.54) is 11.8 Å². The van der Waals surface area contributed by atoms with Crippen molar-refractivity contribution in [2.24, 2.45) is 0 Å². The fourth-order valence-electron chi connectivity index (χ4n) is 4.43. The summed E-state index contributed by atoms with van der Waals surface area (Å²) in [6.45, 7) is 11.1. The fraction of sp³-hybridized carbons (Fsp3) is 0.407. The van der Waals surface area contributed by atoms with Gasteiger partial charge in [-0.15, -0.1) is 10.2 Å². The van der Waals surface area contributed by atoms with Gasteiger partial charge in [0.25, 0.3) is 5.56 Å². The van der Waals surface area contributed by atoms with Crippen LogP contribution in [-0.4, -0.2) is 48.3 Å². The minimum absolute atomic E-state index is 0.0986. The number of para-hydroxylation sites is 1. The van der Waals surface area contributed by atoms with Gasteiger partial charge in [0.15, 0.2) is 5.16 Å². The average molecular weight is 492 g/mol. The summed E-state index contributed by atoms with van der Waals surface area (Å²) in [6, 6.07) is 13.7. The van der Waals surface area contributed by atoms with Crippen LogP contribution < -0.4 is 5.56 Å². The van der Waals surface area contributed by atoms with E-state index in [4.69, 9.17) is 0 Å². The predicted octanol–water partition coefficient (Wildman–Crippen LogP) is 5.17. The molecule has 0 bridgehead atoms. The third-order valence-corrected chi connectivity index (χ3v) is 7.29. The summed E-state index contributed by atoms with van der Waals surface area (Å²) < 4.78 is 3.51. The zero-order chi connectivity index (χ0) is 25.1. The number of unbranched alkanes of at least 4 members (excludes halogenated alkanes) is 1. The number of aryl methyl sites for hydroxylation is 2. The summed E-state index contributed by atoms with van der Waals surface area (Å²) in [5, 5.41) is 10.0. The largest absolute Gasteiger partial charge is 0.339 e. The Hall–Kier alpha value is -3.13. The minimum atomic E-state index is -0.138. The van der Waals surface area contributed by atoms with Crippen molar-refractivity contribution in [2.75, 3.05) is 12.3 Å². The van der Waals surface area contributed by atoms with Crippen molar-refractivity contribution in [3.05, 3.63) is 63.9 Å². The Balaban J connectivity index is 1.79. The van der Waals surface area contributed by atoms with E-state index in [-0.39, 0.29) is 23.3 Å². The standard InChI is InChI=1S/C27H33N5O2S/c1-6-8-13-30(20(5)7-2)24(33)17-35-27-29-28-26-31(21-15-18(3)14-19(4)16-21)25(34)22-11-9-10-12-23(22)32(26)27/h9-12,14-16,20H,6-8,13,17H2,1-5H3. The van der Waals surface area contributed by atoms with E-state index >= 15 is 0 Å².